The number of nitrogens with zero attached hydrogens (tertiary/aromatic N) is 4. The zero-order valence-electron chi connectivity index (χ0n) is 14.4. The first-order valence-electron chi connectivity index (χ1n) is 8.74. The van der Waals surface area contributed by atoms with Crippen LogP contribution in [0.5, 0.6) is 0 Å². The Balaban J connectivity index is 1.86. The minimum Gasteiger partial charge on any atom is -0.346 e. The summed E-state index contributed by atoms with van der Waals surface area (Å²) in [6.07, 6.45) is 3.66. The molecule has 0 unspecified atom stereocenters. The molecule has 1 atom stereocenters. The summed E-state index contributed by atoms with van der Waals surface area (Å²) >= 11 is 0. The molecule has 132 valence electrons. The second-order valence-corrected chi connectivity index (χ2v) is 6.66. The minimum absolute atomic E-state index is 0.0693. The van der Waals surface area contributed by atoms with E-state index in [1.54, 1.807) is 22.9 Å². The number of nitrogens with two attached hydrogens (primary N) is 1. The molecule has 0 saturated carbocycles. The molecule has 7 heteroatoms. The van der Waals surface area contributed by atoms with Gasteiger partial charge >= 0.3 is 0 Å². The van der Waals surface area contributed by atoms with Gasteiger partial charge in [-0.05, 0) is 30.5 Å². The van der Waals surface area contributed by atoms with Gasteiger partial charge in [0.15, 0.2) is 0 Å². The summed E-state index contributed by atoms with van der Waals surface area (Å²) < 4.78 is 1.66. The van der Waals surface area contributed by atoms with Crippen LogP contribution in [0, 0.1) is 11.3 Å². The van der Waals surface area contributed by atoms with Crippen molar-refractivity contribution < 1.29 is 0 Å². The molecule has 0 bridgehead atoms. The second-order valence-electron chi connectivity index (χ2n) is 6.66. The topological polar surface area (TPSA) is 104 Å². The lowest BCUT2D eigenvalue weighted by Crippen LogP contribution is -2.45. The monoisotopic (exact) mass is 348 g/mol. The molecule has 26 heavy (non-hydrogen) atoms. The van der Waals surface area contributed by atoms with Crippen molar-refractivity contribution in [3.63, 3.8) is 0 Å². The van der Waals surface area contributed by atoms with Crippen LogP contribution in [-0.4, -0.2) is 33.7 Å². The molecule has 1 aliphatic heterocycles. The minimum atomic E-state index is -0.113. The highest BCUT2D eigenvalue weighted by molar-refractivity contribution is 5.75. The standard InChI is InChI=1S/C19H20N6O/c20-10-13-4-1-2-5-14(13)11-25-18(26)16-7-8-22-17(16)23-19(25)24-9-3-6-15(21)12-24/h1-2,4-5,7-8,15,22H,3,6,9,11-12,21H2/t15-/m1/s1. The predicted molar refractivity (Wildman–Crippen MR) is 100 cm³/mol. The molecule has 2 aromatic heterocycles. The maximum atomic E-state index is 13.1. The number of nitriles is 1. The number of rotatable bonds is 3. The Morgan fingerprint density at radius 1 is 1.35 bits per heavy atom. The van der Waals surface area contributed by atoms with Crippen LogP contribution < -0.4 is 16.2 Å². The van der Waals surface area contributed by atoms with E-state index in [9.17, 15) is 10.1 Å². The second kappa shape index (κ2) is 6.65. The van der Waals surface area contributed by atoms with Crippen molar-refractivity contribution in [3.05, 3.63) is 58.0 Å². The third-order valence-corrected chi connectivity index (χ3v) is 4.86. The van der Waals surface area contributed by atoms with Gasteiger partial charge in [-0.15, -0.1) is 0 Å². The SMILES string of the molecule is N#Cc1ccccc1Cn1c(N2CCC[C@@H](N)C2)nc2[nH]ccc2c1=O. The number of hydrogen-bond acceptors (Lipinski definition) is 5. The van der Waals surface area contributed by atoms with E-state index < -0.39 is 0 Å². The van der Waals surface area contributed by atoms with E-state index in [0.717, 1.165) is 24.9 Å². The lowest BCUT2D eigenvalue weighted by Gasteiger charge is -2.33. The van der Waals surface area contributed by atoms with E-state index in [0.29, 0.717) is 35.6 Å². The highest BCUT2D eigenvalue weighted by Crippen LogP contribution is 2.20. The van der Waals surface area contributed by atoms with Crippen molar-refractivity contribution >= 4 is 17.0 Å². The van der Waals surface area contributed by atoms with Gasteiger partial charge in [-0.3, -0.25) is 9.36 Å². The van der Waals surface area contributed by atoms with Crippen LogP contribution in [0.15, 0.2) is 41.3 Å². The van der Waals surface area contributed by atoms with Gasteiger partial charge in [0.1, 0.15) is 5.65 Å². The van der Waals surface area contributed by atoms with Crippen LogP contribution in [0.3, 0.4) is 0 Å². The van der Waals surface area contributed by atoms with Gasteiger partial charge in [-0.2, -0.15) is 10.2 Å². The van der Waals surface area contributed by atoms with E-state index in [2.05, 4.69) is 16.0 Å². The van der Waals surface area contributed by atoms with Gasteiger partial charge in [-0.1, -0.05) is 18.2 Å². The third kappa shape index (κ3) is 2.85. The highest BCUT2D eigenvalue weighted by Gasteiger charge is 2.23. The molecule has 7 nitrogen and oxygen atoms in total. The average Bonchev–Trinajstić information content (AvgIpc) is 3.13. The Labute approximate surface area is 150 Å². The number of hydrogen-bond donors (Lipinski definition) is 2. The van der Waals surface area contributed by atoms with Gasteiger partial charge < -0.3 is 15.6 Å². The molecule has 3 heterocycles. The van der Waals surface area contributed by atoms with Gasteiger partial charge in [-0.25, -0.2) is 0 Å². The summed E-state index contributed by atoms with van der Waals surface area (Å²) in [5.41, 5.74) is 7.97. The first kappa shape index (κ1) is 16.4. The van der Waals surface area contributed by atoms with Crippen LogP contribution in [0.4, 0.5) is 5.95 Å². The maximum Gasteiger partial charge on any atom is 0.264 e. The van der Waals surface area contributed by atoms with Gasteiger partial charge in [0, 0.05) is 25.3 Å². The van der Waals surface area contributed by atoms with E-state index in [1.807, 2.05) is 18.2 Å². The summed E-state index contributed by atoms with van der Waals surface area (Å²) in [7, 11) is 0. The number of aromatic amines is 1. The fourth-order valence-electron chi connectivity index (χ4n) is 3.54. The van der Waals surface area contributed by atoms with Crippen molar-refractivity contribution in [3.8, 4) is 6.07 Å². The molecular weight excluding hydrogens is 328 g/mol. The molecule has 3 aromatic rings. The lowest BCUT2D eigenvalue weighted by molar-refractivity contribution is 0.491. The predicted octanol–water partition coefficient (Wildman–Crippen LogP) is 1.57. The number of benzene rings is 1. The summed E-state index contributed by atoms with van der Waals surface area (Å²) in [6.45, 7) is 1.78. The van der Waals surface area contributed by atoms with E-state index in [1.165, 1.54) is 0 Å². The van der Waals surface area contributed by atoms with Gasteiger partial charge in [0.05, 0.1) is 23.6 Å². The highest BCUT2D eigenvalue weighted by atomic mass is 16.1. The number of fused-ring (bicyclic) bond motifs is 1. The molecule has 1 fully saturated rings. The third-order valence-electron chi connectivity index (χ3n) is 4.86. The normalized spacial score (nSPS) is 17.4. The number of anilines is 1. The average molecular weight is 348 g/mol. The van der Waals surface area contributed by atoms with Crippen LogP contribution in [0.2, 0.25) is 0 Å². The number of H-pyrrole nitrogens is 1. The molecule has 0 aliphatic carbocycles. The van der Waals surface area contributed by atoms with Crippen molar-refractivity contribution in [2.45, 2.75) is 25.4 Å². The largest absolute Gasteiger partial charge is 0.346 e. The van der Waals surface area contributed by atoms with Crippen LogP contribution >= 0.6 is 0 Å². The molecule has 1 saturated heterocycles. The molecule has 1 aliphatic rings. The Morgan fingerprint density at radius 3 is 3.00 bits per heavy atom. The van der Waals surface area contributed by atoms with Crippen molar-refractivity contribution in [2.75, 3.05) is 18.0 Å². The van der Waals surface area contributed by atoms with Crippen molar-refractivity contribution in [2.24, 2.45) is 5.73 Å². The van der Waals surface area contributed by atoms with E-state index in [4.69, 9.17) is 10.7 Å². The lowest BCUT2D eigenvalue weighted by atomic mass is 10.1. The number of nitrogens with one attached hydrogen (secondary N) is 1. The Morgan fingerprint density at radius 2 is 2.19 bits per heavy atom. The molecule has 4 rings (SSSR count). The first-order valence-corrected chi connectivity index (χ1v) is 8.74. The van der Waals surface area contributed by atoms with Crippen LogP contribution in [0.1, 0.15) is 24.0 Å². The summed E-state index contributed by atoms with van der Waals surface area (Å²) in [4.78, 5) is 22.9. The van der Waals surface area contributed by atoms with Crippen molar-refractivity contribution in [1.29, 1.82) is 5.26 Å². The van der Waals surface area contributed by atoms with E-state index >= 15 is 0 Å². The fraction of sp³-hybridized carbons (Fsp3) is 0.316. The zero-order chi connectivity index (χ0) is 18.1. The first-order chi connectivity index (χ1) is 12.7. The fourth-order valence-corrected chi connectivity index (χ4v) is 3.54. The quantitative estimate of drug-likeness (QED) is 0.748. The Bertz CT molecular complexity index is 1040. The smallest absolute Gasteiger partial charge is 0.264 e. The van der Waals surface area contributed by atoms with Gasteiger partial charge in [0.25, 0.3) is 5.56 Å². The molecular formula is C19H20N6O. The maximum absolute atomic E-state index is 13.1. The molecule has 1 aromatic carbocycles. The summed E-state index contributed by atoms with van der Waals surface area (Å²) in [5.74, 6) is 0.604. The molecule has 0 amide bonds. The summed E-state index contributed by atoms with van der Waals surface area (Å²) in [5, 5.41) is 9.92. The Hall–Kier alpha value is -3.11. The van der Waals surface area contributed by atoms with Gasteiger partial charge in [0.2, 0.25) is 5.95 Å². The number of aromatic nitrogens is 3. The summed E-state index contributed by atoms with van der Waals surface area (Å²) in [6, 6.07) is 11.3. The van der Waals surface area contributed by atoms with Crippen LogP contribution in [0.25, 0.3) is 11.0 Å². The Kier molecular flexibility index (Phi) is 4.19. The van der Waals surface area contributed by atoms with E-state index in [-0.39, 0.29) is 11.6 Å². The molecule has 3 N–H and O–H groups in total. The molecule has 0 radical (unpaired) electrons. The molecule has 0 spiro atoms. The van der Waals surface area contributed by atoms with Crippen LogP contribution in [-0.2, 0) is 6.54 Å². The zero-order valence-corrected chi connectivity index (χ0v) is 14.4. The van der Waals surface area contributed by atoms with Crippen molar-refractivity contribution in [1.82, 2.24) is 14.5 Å². The number of piperidine rings is 1.